The van der Waals surface area contributed by atoms with E-state index in [1.54, 1.807) is 24.9 Å². The Morgan fingerprint density at radius 3 is 2.74 bits per heavy atom. The number of pyridine rings is 1. The molecule has 0 radical (unpaired) electrons. The zero-order chi connectivity index (χ0) is 13.2. The van der Waals surface area contributed by atoms with Crippen LogP contribution >= 0.6 is 11.8 Å². The van der Waals surface area contributed by atoms with Crippen molar-refractivity contribution in [2.24, 2.45) is 0 Å². The number of H-pyrrole nitrogens is 1. The molecule has 0 amide bonds. The van der Waals surface area contributed by atoms with E-state index in [-0.39, 0.29) is 0 Å². The minimum atomic E-state index is -0.521. The molecule has 0 aliphatic carbocycles. The van der Waals surface area contributed by atoms with Gasteiger partial charge in [0, 0.05) is 22.0 Å². The SMILES string of the molecule is C[C@H](O)c1ccc(Sc2cc3ccccc3[nH]2)cn1. The summed E-state index contributed by atoms with van der Waals surface area (Å²) in [5.74, 6) is 0. The number of aliphatic hydroxyl groups excluding tert-OH is 1. The van der Waals surface area contributed by atoms with E-state index in [1.807, 2.05) is 24.3 Å². The van der Waals surface area contributed by atoms with Gasteiger partial charge in [0.05, 0.1) is 16.8 Å². The number of para-hydroxylation sites is 1. The van der Waals surface area contributed by atoms with E-state index in [9.17, 15) is 5.11 Å². The molecule has 2 N–H and O–H groups in total. The van der Waals surface area contributed by atoms with Crippen LogP contribution in [0.15, 0.2) is 58.6 Å². The molecule has 1 atom stereocenters. The number of nitrogens with one attached hydrogen (secondary N) is 1. The van der Waals surface area contributed by atoms with Crippen molar-refractivity contribution in [1.82, 2.24) is 9.97 Å². The van der Waals surface area contributed by atoms with Gasteiger partial charge in [-0.15, -0.1) is 0 Å². The van der Waals surface area contributed by atoms with Crippen LogP contribution in [0.25, 0.3) is 10.9 Å². The van der Waals surface area contributed by atoms with E-state index < -0.39 is 6.10 Å². The third-order valence-electron chi connectivity index (χ3n) is 2.92. The number of hydrogen-bond donors (Lipinski definition) is 2. The first-order valence-electron chi connectivity index (χ1n) is 6.12. The number of nitrogens with zero attached hydrogens (tertiary/aromatic N) is 1. The summed E-state index contributed by atoms with van der Waals surface area (Å²) in [5.41, 5.74) is 1.83. The first kappa shape index (κ1) is 12.3. The van der Waals surface area contributed by atoms with Gasteiger partial charge in [0.2, 0.25) is 0 Å². The maximum absolute atomic E-state index is 9.42. The summed E-state index contributed by atoms with van der Waals surface area (Å²) in [6.45, 7) is 1.72. The Morgan fingerprint density at radius 2 is 2.05 bits per heavy atom. The number of aromatic amines is 1. The Bertz CT molecular complexity index is 656. The Balaban J connectivity index is 1.84. The molecule has 0 fully saturated rings. The van der Waals surface area contributed by atoms with Crippen molar-refractivity contribution >= 4 is 22.7 Å². The van der Waals surface area contributed by atoms with Gasteiger partial charge in [0.15, 0.2) is 0 Å². The standard InChI is InChI=1S/C15H14N2OS/c1-10(18)13-7-6-12(9-16-13)19-15-8-11-4-2-3-5-14(11)17-15/h2-10,17-18H,1H3/t10-/m0/s1. The molecule has 0 aliphatic heterocycles. The lowest BCUT2D eigenvalue weighted by Crippen LogP contribution is -1.94. The summed E-state index contributed by atoms with van der Waals surface area (Å²) in [6, 6.07) is 14.2. The molecule has 96 valence electrons. The first-order valence-corrected chi connectivity index (χ1v) is 6.93. The average Bonchev–Trinajstić information content (AvgIpc) is 2.81. The largest absolute Gasteiger partial charge is 0.387 e. The van der Waals surface area contributed by atoms with Gasteiger partial charge in [0.25, 0.3) is 0 Å². The second kappa shape index (κ2) is 5.07. The van der Waals surface area contributed by atoms with Crippen molar-refractivity contribution in [2.45, 2.75) is 22.9 Å². The minimum Gasteiger partial charge on any atom is -0.387 e. The van der Waals surface area contributed by atoms with Gasteiger partial charge in [-0.2, -0.15) is 0 Å². The molecular formula is C15H14N2OS. The predicted octanol–water partition coefficient (Wildman–Crippen LogP) is 3.77. The number of aromatic nitrogens is 2. The molecular weight excluding hydrogens is 256 g/mol. The molecule has 3 nitrogen and oxygen atoms in total. The fourth-order valence-corrected chi connectivity index (χ4v) is 2.77. The number of rotatable bonds is 3. The van der Waals surface area contributed by atoms with Gasteiger partial charge in [-0.25, -0.2) is 0 Å². The lowest BCUT2D eigenvalue weighted by Gasteiger charge is -2.04. The van der Waals surface area contributed by atoms with Gasteiger partial charge in [-0.3, -0.25) is 4.98 Å². The number of aliphatic hydroxyl groups is 1. The summed E-state index contributed by atoms with van der Waals surface area (Å²) < 4.78 is 0. The van der Waals surface area contributed by atoms with Crippen molar-refractivity contribution in [1.29, 1.82) is 0 Å². The third-order valence-corrected chi connectivity index (χ3v) is 3.84. The van der Waals surface area contributed by atoms with Crippen molar-refractivity contribution in [2.75, 3.05) is 0 Å². The quantitative estimate of drug-likeness (QED) is 0.761. The second-order valence-electron chi connectivity index (χ2n) is 4.42. The summed E-state index contributed by atoms with van der Waals surface area (Å²) in [4.78, 5) is 8.66. The fraction of sp³-hybridized carbons (Fsp3) is 0.133. The molecule has 0 saturated carbocycles. The molecule has 0 aliphatic rings. The first-order chi connectivity index (χ1) is 9.22. The lowest BCUT2D eigenvalue weighted by atomic mass is 10.2. The van der Waals surface area contributed by atoms with E-state index in [2.05, 4.69) is 28.2 Å². The topological polar surface area (TPSA) is 48.9 Å². The monoisotopic (exact) mass is 270 g/mol. The van der Waals surface area contributed by atoms with Crippen LogP contribution in [0.2, 0.25) is 0 Å². The van der Waals surface area contributed by atoms with Crippen LogP contribution < -0.4 is 0 Å². The zero-order valence-corrected chi connectivity index (χ0v) is 11.3. The van der Waals surface area contributed by atoms with Gasteiger partial charge in [-0.05, 0) is 31.2 Å². The summed E-state index contributed by atoms with van der Waals surface area (Å²) in [5, 5.41) is 11.7. The highest BCUT2D eigenvalue weighted by Gasteiger charge is 2.05. The maximum Gasteiger partial charge on any atom is 0.0931 e. The van der Waals surface area contributed by atoms with Crippen molar-refractivity contribution in [3.8, 4) is 0 Å². The highest BCUT2D eigenvalue weighted by molar-refractivity contribution is 7.99. The van der Waals surface area contributed by atoms with E-state index in [4.69, 9.17) is 0 Å². The van der Waals surface area contributed by atoms with Crippen LogP contribution in [0.5, 0.6) is 0 Å². The highest BCUT2D eigenvalue weighted by Crippen LogP contribution is 2.29. The van der Waals surface area contributed by atoms with Crippen LogP contribution in [-0.4, -0.2) is 15.1 Å². The highest BCUT2D eigenvalue weighted by atomic mass is 32.2. The Hall–Kier alpha value is -1.78. The second-order valence-corrected chi connectivity index (χ2v) is 5.53. The summed E-state index contributed by atoms with van der Waals surface area (Å²) in [6.07, 6.45) is 1.27. The lowest BCUT2D eigenvalue weighted by molar-refractivity contribution is 0.194. The average molecular weight is 270 g/mol. The Morgan fingerprint density at radius 1 is 1.21 bits per heavy atom. The molecule has 2 aromatic heterocycles. The minimum absolute atomic E-state index is 0.521. The van der Waals surface area contributed by atoms with E-state index in [1.165, 1.54) is 5.39 Å². The number of hydrogen-bond acceptors (Lipinski definition) is 3. The predicted molar refractivity (Wildman–Crippen MR) is 77.3 cm³/mol. The maximum atomic E-state index is 9.42. The van der Waals surface area contributed by atoms with Gasteiger partial charge in [-0.1, -0.05) is 30.0 Å². The molecule has 0 saturated heterocycles. The van der Waals surface area contributed by atoms with E-state index >= 15 is 0 Å². The number of fused-ring (bicyclic) bond motifs is 1. The molecule has 4 heteroatoms. The van der Waals surface area contributed by atoms with Crippen molar-refractivity contribution < 1.29 is 5.11 Å². The van der Waals surface area contributed by atoms with Crippen LogP contribution in [0.4, 0.5) is 0 Å². The van der Waals surface area contributed by atoms with E-state index in [0.717, 1.165) is 15.4 Å². The van der Waals surface area contributed by atoms with Gasteiger partial charge in [0.1, 0.15) is 0 Å². The third kappa shape index (κ3) is 2.64. The van der Waals surface area contributed by atoms with Crippen molar-refractivity contribution in [3.05, 3.63) is 54.4 Å². The van der Waals surface area contributed by atoms with Crippen LogP contribution in [-0.2, 0) is 0 Å². The molecule has 3 rings (SSSR count). The van der Waals surface area contributed by atoms with Crippen LogP contribution in [0.1, 0.15) is 18.7 Å². The van der Waals surface area contributed by atoms with Gasteiger partial charge < -0.3 is 10.1 Å². The van der Waals surface area contributed by atoms with Crippen LogP contribution in [0, 0.1) is 0 Å². The fourth-order valence-electron chi connectivity index (χ4n) is 1.93. The molecule has 3 aromatic rings. The van der Waals surface area contributed by atoms with Gasteiger partial charge >= 0.3 is 0 Å². The Kier molecular flexibility index (Phi) is 3.27. The molecule has 0 unspecified atom stereocenters. The molecule has 0 bridgehead atoms. The molecule has 0 spiro atoms. The Labute approximate surface area is 115 Å². The smallest absolute Gasteiger partial charge is 0.0931 e. The zero-order valence-electron chi connectivity index (χ0n) is 10.5. The normalized spacial score (nSPS) is 12.7. The molecule has 2 heterocycles. The number of benzene rings is 1. The summed E-state index contributed by atoms with van der Waals surface area (Å²) >= 11 is 1.63. The molecule has 19 heavy (non-hydrogen) atoms. The van der Waals surface area contributed by atoms with E-state index in [0.29, 0.717) is 5.69 Å². The summed E-state index contributed by atoms with van der Waals surface area (Å²) in [7, 11) is 0. The molecule has 1 aromatic carbocycles. The van der Waals surface area contributed by atoms with Crippen molar-refractivity contribution in [3.63, 3.8) is 0 Å². The van der Waals surface area contributed by atoms with Crippen LogP contribution in [0.3, 0.4) is 0 Å².